The highest BCUT2D eigenvalue weighted by Crippen LogP contribution is 2.29. The molecule has 3 heteroatoms. The Kier molecular flexibility index (Phi) is 3.92. The first-order valence-electron chi connectivity index (χ1n) is 5.93. The molecule has 0 aliphatic heterocycles. The van der Waals surface area contributed by atoms with E-state index in [9.17, 15) is 0 Å². The van der Waals surface area contributed by atoms with Gasteiger partial charge >= 0.3 is 0 Å². The van der Waals surface area contributed by atoms with E-state index in [0.717, 1.165) is 12.1 Å². The molecule has 0 aliphatic carbocycles. The lowest BCUT2D eigenvalue weighted by molar-refractivity contribution is 0.670. The minimum absolute atomic E-state index is 0.214. The number of pyridine rings is 1. The fourth-order valence-corrected chi connectivity index (χ4v) is 3.12. The zero-order valence-electron chi connectivity index (χ0n) is 10.5. The summed E-state index contributed by atoms with van der Waals surface area (Å²) >= 11 is 1.79. The second-order valence-corrected chi connectivity index (χ2v) is 5.04. The van der Waals surface area contributed by atoms with E-state index in [-0.39, 0.29) is 6.04 Å². The van der Waals surface area contributed by atoms with Crippen LogP contribution < -0.4 is 5.32 Å². The van der Waals surface area contributed by atoms with Crippen LogP contribution in [0.2, 0.25) is 0 Å². The number of nitrogens with one attached hydrogen (secondary N) is 1. The van der Waals surface area contributed by atoms with Gasteiger partial charge in [-0.05, 0) is 49.0 Å². The van der Waals surface area contributed by atoms with Gasteiger partial charge in [0.15, 0.2) is 0 Å². The van der Waals surface area contributed by atoms with Crippen LogP contribution in [-0.4, -0.2) is 12.0 Å². The summed E-state index contributed by atoms with van der Waals surface area (Å²) in [6.07, 6.45) is 2.90. The van der Waals surface area contributed by atoms with Gasteiger partial charge in [0.25, 0.3) is 0 Å². The third kappa shape index (κ3) is 2.40. The fraction of sp³-hybridized carbons (Fsp3) is 0.357. The highest BCUT2D eigenvalue weighted by atomic mass is 32.1. The zero-order valence-corrected chi connectivity index (χ0v) is 11.3. The van der Waals surface area contributed by atoms with Crippen molar-refractivity contribution in [3.05, 3.63) is 51.5 Å². The SMILES string of the molecule is CCc1cccnc1C(NC)c1sccc1C. The van der Waals surface area contributed by atoms with Crippen molar-refractivity contribution in [3.8, 4) is 0 Å². The van der Waals surface area contributed by atoms with Gasteiger partial charge in [-0.2, -0.15) is 0 Å². The molecular formula is C14H18N2S. The van der Waals surface area contributed by atoms with Crippen LogP contribution in [0.1, 0.15) is 34.7 Å². The Bertz CT molecular complexity index is 490. The maximum Gasteiger partial charge on any atom is 0.0848 e. The van der Waals surface area contributed by atoms with Crippen LogP contribution in [0.4, 0.5) is 0 Å². The second-order valence-electron chi connectivity index (χ2n) is 4.09. The average Bonchev–Trinajstić information content (AvgIpc) is 2.78. The number of hydrogen-bond donors (Lipinski definition) is 1. The van der Waals surface area contributed by atoms with Crippen molar-refractivity contribution in [2.75, 3.05) is 7.05 Å². The molecule has 0 radical (unpaired) electrons. The molecule has 0 saturated carbocycles. The van der Waals surface area contributed by atoms with Crippen molar-refractivity contribution in [3.63, 3.8) is 0 Å². The van der Waals surface area contributed by atoms with Crippen molar-refractivity contribution in [2.45, 2.75) is 26.3 Å². The largest absolute Gasteiger partial charge is 0.307 e. The molecule has 1 N–H and O–H groups in total. The highest BCUT2D eigenvalue weighted by Gasteiger charge is 2.19. The maximum absolute atomic E-state index is 4.56. The number of hydrogen-bond acceptors (Lipinski definition) is 3. The molecule has 1 unspecified atom stereocenters. The van der Waals surface area contributed by atoms with E-state index < -0.39 is 0 Å². The number of nitrogens with zero attached hydrogens (tertiary/aromatic N) is 1. The zero-order chi connectivity index (χ0) is 12.3. The van der Waals surface area contributed by atoms with Crippen LogP contribution in [0.5, 0.6) is 0 Å². The van der Waals surface area contributed by atoms with Crippen molar-refractivity contribution >= 4 is 11.3 Å². The number of aryl methyl sites for hydroxylation is 2. The van der Waals surface area contributed by atoms with Gasteiger partial charge in [-0.3, -0.25) is 4.98 Å². The Labute approximate surface area is 107 Å². The summed E-state index contributed by atoms with van der Waals surface area (Å²) in [4.78, 5) is 5.92. The van der Waals surface area contributed by atoms with Gasteiger partial charge in [0.2, 0.25) is 0 Å². The molecule has 2 heterocycles. The molecule has 0 saturated heterocycles. The van der Waals surface area contributed by atoms with Crippen molar-refractivity contribution in [2.24, 2.45) is 0 Å². The molecular weight excluding hydrogens is 228 g/mol. The molecule has 0 aliphatic rings. The molecule has 0 bridgehead atoms. The van der Waals surface area contributed by atoms with Crippen molar-refractivity contribution < 1.29 is 0 Å². The topological polar surface area (TPSA) is 24.9 Å². The minimum Gasteiger partial charge on any atom is -0.307 e. The molecule has 0 spiro atoms. The van der Waals surface area contributed by atoms with Crippen LogP contribution in [-0.2, 0) is 6.42 Å². The van der Waals surface area contributed by atoms with E-state index in [0.29, 0.717) is 0 Å². The molecule has 90 valence electrons. The molecule has 17 heavy (non-hydrogen) atoms. The summed E-state index contributed by atoms with van der Waals surface area (Å²) in [5, 5.41) is 5.53. The highest BCUT2D eigenvalue weighted by molar-refractivity contribution is 7.10. The smallest absolute Gasteiger partial charge is 0.0848 e. The van der Waals surface area contributed by atoms with E-state index in [1.807, 2.05) is 19.3 Å². The second kappa shape index (κ2) is 5.43. The summed E-state index contributed by atoms with van der Waals surface area (Å²) in [5.74, 6) is 0. The Morgan fingerprint density at radius 1 is 1.41 bits per heavy atom. The third-order valence-corrected chi connectivity index (χ3v) is 4.12. The van der Waals surface area contributed by atoms with Gasteiger partial charge in [-0.25, -0.2) is 0 Å². The Hall–Kier alpha value is -1.19. The molecule has 1 atom stereocenters. The maximum atomic E-state index is 4.56. The summed E-state index contributed by atoms with van der Waals surface area (Å²) in [5.41, 5.74) is 3.81. The van der Waals surface area contributed by atoms with Crippen molar-refractivity contribution in [1.82, 2.24) is 10.3 Å². The first-order valence-corrected chi connectivity index (χ1v) is 6.81. The Balaban J connectivity index is 2.46. The first-order chi connectivity index (χ1) is 8.27. The summed E-state index contributed by atoms with van der Waals surface area (Å²) in [6.45, 7) is 4.33. The van der Waals surface area contributed by atoms with E-state index >= 15 is 0 Å². The van der Waals surface area contributed by atoms with E-state index in [2.05, 4.69) is 41.7 Å². The Morgan fingerprint density at radius 2 is 2.24 bits per heavy atom. The molecule has 2 rings (SSSR count). The van der Waals surface area contributed by atoms with Crippen LogP contribution in [0.15, 0.2) is 29.8 Å². The van der Waals surface area contributed by atoms with Gasteiger partial charge in [0.1, 0.15) is 0 Å². The van der Waals surface area contributed by atoms with E-state index in [4.69, 9.17) is 0 Å². The first kappa shape index (κ1) is 12.3. The minimum atomic E-state index is 0.214. The van der Waals surface area contributed by atoms with Gasteiger partial charge in [0.05, 0.1) is 11.7 Å². The lowest BCUT2D eigenvalue weighted by atomic mass is 10.0. The van der Waals surface area contributed by atoms with E-state index in [1.165, 1.54) is 16.0 Å². The molecule has 0 amide bonds. The van der Waals surface area contributed by atoms with Crippen LogP contribution in [0.3, 0.4) is 0 Å². The van der Waals surface area contributed by atoms with E-state index in [1.54, 1.807) is 11.3 Å². The number of thiophene rings is 1. The molecule has 2 aromatic heterocycles. The average molecular weight is 246 g/mol. The predicted octanol–water partition coefficient (Wildman–Crippen LogP) is 3.32. The Morgan fingerprint density at radius 3 is 2.82 bits per heavy atom. The standard InChI is InChI=1S/C14H18N2S/c1-4-11-6-5-8-16-12(11)13(15-3)14-10(2)7-9-17-14/h5-9,13,15H,4H2,1-3H3. The predicted molar refractivity (Wildman–Crippen MR) is 73.6 cm³/mol. The van der Waals surface area contributed by atoms with Gasteiger partial charge in [-0.1, -0.05) is 13.0 Å². The lowest BCUT2D eigenvalue weighted by Gasteiger charge is -2.18. The van der Waals surface area contributed by atoms with Crippen LogP contribution >= 0.6 is 11.3 Å². The van der Waals surface area contributed by atoms with Crippen LogP contribution in [0, 0.1) is 6.92 Å². The normalized spacial score (nSPS) is 12.6. The fourth-order valence-electron chi connectivity index (χ4n) is 2.08. The molecule has 2 aromatic rings. The number of aromatic nitrogens is 1. The van der Waals surface area contributed by atoms with Gasteiger partial charge in [0, 0.05) is 11.1 Å². The lowest BCUT2D eigenvalue weighted by Crippen LogP contribution is -2.20. The third-order valence-electron chi connectivity index (χ3n) is 3.03. The van der Waals surface area contributed by atoms with Gasteiger partial charge < -0.3 is 5.32 Å². The summed E-state index contributed by atoms with van der Waals surface area (Å²) in [7, 11) is 2.00. The summed E-state index contributed by atoms with van der Waals surface area (Å²) < 4.78 is 0. The summed E-state index contributed by atoms with van der Waals surface area (Å²) in [6, 6.07) is 6.55. The van der Waals surface area contributed by atoms with Gasteiger partial charge in [-0.15, -0.1) is 11.3 Å². The van der Waals surface area contributed by atoms with Crippen LogP contribution in [0.25, 0.3) is 0 Å². The quantitative estimate of drug-likeness (QED) is 0.895. The van der Waals surface area contributed by atoms with Crippen molar-refractivity contribution in [1.29, 1.82) is 0 Å². The molecule has 0 fully saturated rings. The number of rotatable bonds is 4. The molecule has 0 aromatic carbocycles. The monoisotopic (exact) mass is 246 g/mol. The molecule has 2 nitrogen and oxygen atoms in total.